The summed E-state index contributed by atoms with van der Waals surface area (Å²) in [7, 11) is 0.382. The lowest BCUT2D eigenvalue weighted by atomic mass is 10.2. The Labute approximate surface area is 186 Å². The van der Waals surface area contributed by atoms with Gasteiger partial charge in [-0.25, -0.2) is 9.59 Å². The fourth-order valence-corrected chi connectivity index (χ4v) is 5.00. The molecular weight excluding hydrogens is 431 g/mol. The van der Waals surface area contributed by atoms with E-state index in [1.807, 2.05) is 0 Å². The monoisotopic (exact) mass is 454 g/mol. The van der Waals surface area contributed by atoms with Crippen molar-refractivity contribution >= 4 is 36.5 Å². The first kappa shape index (κ1) is 22.9. The molecule has 0 amide bonds. The molecule has 0 atom stereocenters. The minimum atomic E-state index is -1.15. The van der Waals surface area contributed by atoms with Gasteiger partial charge in [-0.1, -0.05) is 24.3 Å². The summed E-state index contributed by atoms with van der Waals surface area (Å²) >= 11 is 0. The lowest BCUT2D eigenvalue weighted by molar-refractivity contribution is 0.0687. The average Bonchev–Trinajstić information content (AvgIpc) is 2.80. The average molecular weight is 454 g/mol. The molecule has 166 valence electrons. The van der Waals surface area contributed by atoms with Crippen molar-refractivity contribution in [2.75, 3.05) is 30.3 Å². The maximum Gasteiger partial charge on any atom is 0.337 e. The summed E-state index contributed by atoms with van der Waals surface area (Å²) in [5, 5.41) is 36.4. The third kappa shape index (κ3) is 5.47. The maximum absolute atomic E-state index is 11.5. The zero-order valence-corrected chi connectivity index (χ0v) is 18.2. The van der Waals surface area contributed by atoms with E-state index in [0.717, 1.165) is 0 Å². The first-order valence-electron chi connectivity index (χ1n) is 9.65. The van der Waals surface area contributed by atoms with E-state index in [-0.39, 0.29) is 16.9 Å². The van der Waals surface area contributed by atoms with Crippen LogP contribution in [0.15, 0.2) is 66.7 Å². The zero-order chi connectivity index (χ0) is 23.1. The molecule has 0 aromatic heterocycles. The SMILES string of the molecule is COc1ccc(O)c(P(CNc2ccccc2C(=O)O)CNc2ccccc2C(=O)O)c1. The van der Waals surface area contributed by atoms with Gasteiger partial charge in [0.25, 0.3) is 0 Å². The van der Waals surface area contributed by atoms with E-state index in [2.05, 4.69) is 10.6 Å². The number of carboxylic acid groups (broad SMARTS) is 2. The number of aromatic carboxylic acids is 2. The van der Waals surface area contributed by atoms with E-state index >= 15 is 0 Å². The van der Waals surface area contributed by atoms with E-state index in [9.17, 15) is 24.9 Å². The van der Waals surface area contributed by atoms with Crippen LogP contribution in [0.25, 0.3) is 0 Å². The molecule has 0 radical (unpaired) electrons. The molecule has 0 bridgehead atoms. The summed E-state index contributed by atoms with van der Waals surface area (Å²) in [5.41, 5.74) is 1.20. The molecule has 0 fully saturated rings. The Hall–Kier alpha value is -3.77. The maximum atomic E-state index is 11.5. The number of methoxy groups -OCH3 is 1. The number of aromatic hydroxyl groups is 1. The lowest BCUT2D eigenvalue weighted by Gasteiger charge is -2.23. The smallest absolute Gasteiger partial charge is 0.337 e. The van der Waals surface area contributed by atoms with Gasteiger partial charge in [0.1, 0.15) is 11.5 Å². The standard InChI is InChI=1S/C23H23N2O6P/c1-31-15-10-11-20(26)21(12-15)32(13-24-18-8-4-2-6-16(18)22(27)28)14-25-19-9-5-3-7-17(19)23(29)30/h2-12,24-26H,13-14H2,1H3,(H,27,28)(H,29,30). The first-order chi connectivity index (χ1) is 15.4. The number of nitrogens with one attached hydrogen (secondary N) is 2. The number of phenolic OH excluding ortho intramolecular Hbond substituents is 1. The van der Waals surface area contributed by atoms with Crippen molar-refractivity contribution in [2.24, 2.45) is 0 Å². The zero-order valence-electron chi connectivity index (χ0n) is 17.3. The summed E-state index contributed by atoms with van der Waals surface area (Å²) in [5.74, 6) is -1.44. The minimum Gasteiger partial charge on any atom is -0.507 e. The Kier molecular flexibility index (Phi) is 7.52. The molecular formula is C23H23N2O6P. The highest BCUT2D eigenvalue weighted by molar-refractivity contribution is 7.66. The van der Waals surface area contributed by atoms with Crippen molar-refractivity contribution in [1.82, 2.24) is 0 Å². The van der Waals surface area contributed by atoms with Crippen molar-refractivity contribution in [2.45, 2.75) is 0 Å². The van der Waals surface area contributed by atoms with Crippen molar-refractivity contribution in [3.05, 3.63) is 77.9 Å². The van der Waals surface area contributed by atoms with Gasteiger partial charge in [-0.3, -0.25) is 0 Å². The van der Waals surface area contributed by atoms with Gasteiger partial charge in [0.05, 0.1) is 18.2 Å². The summed E-state index contributed by atoms with van der Waals surface area (Å²) in [6, 6.07) is 18.1. The van der Waals surface area contributed by atoms with Gasteiger partial charge >= 0.3 is 11.9 Å². The second-order valence-corrected chi connectivity index (χ2v) is 8.96. The Balaban J connectivity index is 1.89. The fraction of sp³-hybridized carbons (Fsp3) is 0.130. The Morgan fingerprint density at radius 1 is 0.844 bits per heavy atom. The Bertz CT molecular complexity index is 1060. The molecule has 0 unspecified atom stereocenters. The van der Waals surface area contributed by atoms with Crippen LogP contribution in [0.4, 0.5) is 11.4 Å². The van der Waals surface area contributed by atoms with E-state index < -0.39 is 19.9 Å². The molecule has 0 saturated heterocycles. The molecule has 0 heterocycles. The summed E-state index contributed by atoms with van der Waals surface area (Å²) in [4.78, 5) is 23.1. The van der Waals surface area contributed by atoms with Crippen LogP contribution in [0.5, 0.6) is 11.5 Å². The predicted octanol–water partition coefficient (Wildman–Crippen LogP) is 4.04. The second-order valence-electron chi connectivity index (χ2n) is 6.77. The molecule has 0 aliphatic rings. The normalized spacial score (nSPS) is 10.6. The van der Waals surface area contributed by atoms with Gasteiger partial charge in [0, 0.05) is 29.3 Å². The van der Waals surface area contributed by atoms with Gasteiger partial charge in [-0.15, -0.1) is 0 Å². The number of para-hydroxylation sites is 2. The largest absolute Gasteiger partial charge is 0.507 e. The summed E-state index contributed by atoms with van der Waals surface area (Å²) in [6.07, 6.45) is 0.672. The molecule has 3 aromatic carbocycles. The van der Waals surface area contributed by atoms with E-state index in [0.29, 0.717) is 35.0 Å². The van der Waals surface area contributed by atoms with Crippen LogP contribution in [0, 0.1) is 0 Å². The van der Waals surface area contributed by atoms with Gasteiger partial charge in [-0.05, 0) is 50.4 Å². The molecule has 8 nitrogen and oxygen atoms in total. The van der Waals surface area contributed by atoms with Crippen LogP contribution in [-0.2, 0) is 0 Å². The molecule has 0 aliphatic heterocycles. The van der Waals surface area contributed by atoms with E-state index in [1.165, 1.54) is 19.2 Å². The van der Waals surface area contributed by atoms with Crippen molar-refractivity contribution < 1.29 is 29.6 Å². The summed E-state index contributed by atoms with van der Waals surface area (Å²) < 4.78 is 5.29. The molecule has 9 heteroatoms. The summed E-state index contributed by atoms with van der Waals surface area (Å²) in [6.45, 7) is 0. The second kappa shape index (κ2) is 10.5. The number of rotatable bonds is 10. The van der Waals surface area contributed by atoms with Crippen LogP contribution >= 0.6 is 7.92 Å². The highest BCUT2D eigenvalue weighted by atomic mass is 31.1. The number of carboxylic acids is 2. The third-order valence-electron chi connectivity index (χ3n) is 4.76. The van der Waals surface area contributed by atoms with E-state index in [4.69, 9.17) is 4.74 Å². The van der Waals surface area contributed by atoms with Gasteiger partial charge in [-0.2, -0.15) is 0 Å². The van der Waals surface area contributed by atoms with Crippen molar-refractivity contribution in [3.63, 3.8) is 0 Å². The lowest BCUT2D eigenvalue weighted by Crippen LogP contribution is -2.18. The molecule has 32 heavy (non-hydrogen) atoms. The number of phenols is 1. The predicted molar refractivity (Wildman–Crippen MR) is 125 cm³/mol. The number of hydrogen-bond acceptors (Lipinski definition) is 6. The van der Waals surface area contributed by atoms with Gasteiger partial charge < -0.3 is 30.7 Å². The first-order valence-corrected chi connectivity index (χ1v) is 11.4. The van der Waals surface area contributed by atoms with Crippen molar-refractivity contribution in [3.8, 4) is 11.5 Å². The topological polar surface area (TPSA) is 128 Å². The number of hydrogen-bond donors (Lipinski definition) is 5. The Morgan fingerprint density at radius 2 is 1.34 bits per heavy atom. The molecule has 0 aliphatic carbocycles. The van der Waals surface area contributed by atoms with Gasteiger partial charge in [0.15, 0.2) is 0 Å². The molecule has 0 spiro atoms. The number of anilines is 2. The van der Waals surface area contributed by atoms with Gasteiger partial charge in [0.2, 0.25) is 0 Å². The van der Waals surface area contributed by atoms with Crippen LogP contribution < -0.4 is 20.7 Å². The van der Waals surface area contributed by atoms with Crippen LogP contribution in [0.1, 0.15) is 20.7 Å². The quantitative estimate of drug-likeness (QED) is 0.290. The van der Waals surface area contributed by atoms with Crippen molar-refractivity contribution in [1.29, 1.82) is 0 Å². The van der Waals surface area contributed by atoms with Crippen LogP contribution in [0.3, 0.4) is 0 Å². The number of ether oxygens (including phenoxy) is 1. The number of benzene rings is 3. The highest BCUT2D eigenvalue weighted by Gasteiger charge is 2.19. The molecule has 3 aromatic rings. The molecule has 3 rings (SSSR count). The Morgan fingerprint density at radius 3 is 1.81 bits per heavy atom. The molecule has 0 saturated carbocycles. The highest BCUT2D eigenvalue weighted by Crippen LogP contribution is 2.39. The third-order valence-corrected chi connectivity index (χ3v) is 6.88. The van der Waals surface area contributed by atoms with E-state index in [1.54, 1.807) is 54.6 Å². The minimum absolute atomic E-state index is 0.0820. The molecule has 5 N–H and O–H groups in total. The number of carbonyl (C=O) groups is 2. The fourth-order valence-electron chi connectivity index (χ4n) is 3.12. The van der Waals surface area contributed by atoms with Crippen LogP contribution in [0.2, 0.25) is 0 Å². The van der Waals surface area contributed by atoms with Crippen LogP contribution in [-0.4, -0.2) is 46.9 Å².